The summed E-state index contributed by atoms with van der Waals surface area (Å²) in [5.41, 5.74) is -0.736. The minimum atomic E-state index is -4.40. The van der Waals surface area contributed by atoms with Crippen LogP contribution in [0.5, 0.6) is 5.75 Å². The number of alkyl halides is 3. The third-order valence-corrected chi connectivity index (χ3v) is 3.92. The maximum absolute atomic E-state index is 12.9. The van der Waals surface area contributed by atoms with E-state index in [1.54, 1.807) is 6.92 Å². The van der Waals surface area contributed by atoms with Crippen molar-refractivity contribution in [3.8, 4) is 5.75 Å². The zero-order chi connectivity index (χ0) is 21.3. The summed E-state index contributed by atoms with van der Waals surface area (Å²) in [4.78, 5) is 8.60. The Hall–Kier alpha value is -2.78. The molecule has 29 heavy (non-hydrogen) atoms. The van der Waals surface area contributed by atoms with Crippen LogP contribution in [0.25, 0.3) is 0 Å². The Balaban J connectivity index is 1.93. The molecule has 1 aromatic carbocycles. The smallest absolute Gasteiger partial charge is 0.416 e. The lowest BCUT2D eigenvalue weighted by Gasteiger charge is -2.18. The molecule has 2 rings (SSSR count). The van der Waals surface area contributed by atoms with Crippen molar-refractivity contribution in [3.05, 3.63) is 41.5 Å². The molecular weight excluding hydrogens is 387 g/mol. The van der Waals surface area contributed by atoms with Crippen molar-refractivity contribution in [2.24, 2.45) is 4.99 Å². The van der Waals surface area contributed by atoms with E-state index in [1.165, 1.54) is 12.1 Å². The van der Waals surface area contributed by atoms with E-state index in [-0.39, 0.29) is 11.9 Å². The van der Waals surface area contributed by atoms with Crippen molar-refractivity contribution in [2.45, 2.75) is 45.9 Å². The van der Waals surface area contributed by atoms with Crippen molar-refractivity contribution in [1.29, 1.82) is 0 Å². The van der Waals surface area contributed by atoms with Gasteiger partial charge in [-0.3, -0.25) is 0 Å². The number of guanidine groups is 1. The topological polar surface area (TPSA) is 84.6 Å². The van der Waals surface area contributed by atoms with Crippen molar-refractivity contribution >= 4 is 5.96 Å². The zero-order valence-corrected chi connectivity index (χ0v) is 16.7. The van der Waals surface area contributed by atoms with Gasteiger partial charge >= 0.3 is 6.18 Å². The number of nitrogens with one attached hydrogen (secondary N) is 2. The number of aliphatic imine (C=N–C) groups is 1. The fourth-order valence-electron chi connectivity index (χ4n) is 2.45. The molecule has 0 radical (unpaired) electrons. The summed E-state index contributed by atoms with van der Waals surface area (Å²) < 4.78 is 49.3. The van der Waals surface area contributed by atoms with E-state index in [0.717, 1.165) is 12.1 Å². The second-order valence-corrected chi connectivity index (χ2v) is 6.31. The summed E-state index contributed by atoms with van der Waals surface area (Å²) in [6, 6.07) is 4.86. The highest BCUT2D eigenvalue weighted by atomic mass is 19.4. The van der Waals surface area contributed by atoms with Crippen LogP contribution in [0.3, 0.4) is 0 Å². The van der Waals surface area contributed by atoms with Crippen LogP contribution in [-0.4, -0.2) is 41.8 Å². The van der Waals surface area contributed by atoms with Gasteiger partial charge in [-0.15, -0.1) is 0 Å². The zero-order valence-electron chi connectivity index (χ0n) is 16.7. The second-order valence-electron chi connectivity index (χ2n) is 6.31. The van der Waals surface area contributed by atoms with E-state index >= 15 is 0 Å². The quantitative estimate of drug-likeness (QED) is 0.485. The molecule has 1 atom stereocenters. The average Bonchev–Trinajstić information content (AvgIpc) is 3.09. The lowest BCUT2D eigenvalue weighted by Crippen LogP contribution is -2.39. The van der Waals surface area contributed by atoms with Crippen LogP contribution in [0.15, 0.2) is 33.8 Å². The van der Waals surface area contributed by atoms with E-state index in [1.807, 2.05) is 13.8 Å². The third-order valence-electron chi connectivity index (χ3n) is 3.92. The molecule has 0 amide bonds. The van der Waals surface area contributed by atoms with Gasteiger partial charge in [0, 0.05) is 19.5 Å². The monoisotopic (exact) mass is 413 g/mol. The molecule has 10 heteroatoms. The largest absolute Gasteiger partial charge is 0.488 e. The predicted molar refractivity (Wildman–Crippen MR) is 103 cm³/mol. The van der Waals surface area contributed by atoms with E-state index < -0.39 is 11.7 Å². The highest BCUT2D eigenvalue weighted by molar-refractivity contribution is 5.79. The molecule has 1 heterocycles. The van der Waals surface area contributed by atoms with Gasteiger partial charge in [0.15, 0.2) is 11.8 Å². The fourth-order valence-corrected chi connectivity index (χ4v) is 2.45. The van der Waals surface area contributed by atoms with Crippen LogP contribution in [0.1, 0.15) is 37.5 Å². The third kappa shape index (κ3) is 7.63. The van der Waals surface area contributed by atoms with E-state index in [4.69, 9.17) is 9.26 Å². The highest BCUT2D eigenvalue weighted by Crippen LogP contribution is 2.31. The van der Waals surface area contributed by atoms with Gasteiger partial charge in [0.05, 0.1) is 12.1 Å². The van der Waals surface area contributed by atoms with Crippen LogP contribution in [0, 0.1) is 6.92 Å². The number of nitrogens with zero attached hydrogens (tertiary/aromatic N) is 3. The molecule has 0 saturated heterocycles. The number of aromatic nitrogens is 2. The Kier molecular flexibility index (Phi) is 8.29. The van der Waals surface area contributed by atoms with Crippen molar-refractivity contribution in [3.63, 3.8) is 0 Å². The van der Waals surface area contributed by atoms with Crippen LogP contribution in [0.4, 0.5) is 13.2 Å². The summed E-state index contributed by atoms with van der Waals surface area (Å²) in [6.45, 7) is 7.08. The molecule has 0 aliphatic heterocycles. The van der Waals surface area contributed by atoms with Gasteiger partial charge in [-0.1, -0.05) is 18.1 Å². The summed E-state index contributed by atoms with van der Waals surface area (Å²) in [5, 5.41) is 10.0. The van der Waals surface area contributed by atoms with Crippen LogP contribution >= 0.6 is 0 Å². The molecule has 2 aromatic rings. The van der Waals surface area contributed by atoms with Gasteiger partial charge < -0.3 is 19.9 Å². The molecule has 7 nitrogen and oxygen atoms in total. The van der Waals surface area contributed by atoms with Crippen LogP contribution in [0.2, 0.25) is 0 Å². The van der Waals surface area contributed by atoms with Gasteiger partial charge in [-0.25, -0.2) is 4.99 Å². The molecule has 0 saturated carbocycles. The van der Waals surface area contributed by atoms with Crippen molar-refractivity contribution in [1.82, 2.24) is 20.8 Å². The number of aryl methyl sites for hydroxylation is 1. The molecule has 0 spiro atoms. The predicted octanol–water partition coefficient (Wildman–Crippen LogP) is 3.35. The lowest BCUT2D eigenvalue weighted by atomic mass is 10.2. The average molecular weight is 413 g/mol. The van der Waals surface area contributed by atoms with Gasteiger partial charge in [0.1, 0.15) is 11.9 Å². The summed E-state index contributed by atoms with van der Waals surface area (Å²) in [5.74, 6) is 1.87. The molecular formula is C19H26F3N5O2. The maximum atomic E-state index is 12.9. The highest BCUT2D eigenvalue weighted by Gasteiger charge is 2.30. The Bertz CT molecular complexity index is 792. The minimum Gasteiger partial charge on any atom is -0.488 e. The first-order chi connectivity index (χ1) is 13.8. The van der Waals surface area contributed by atoms with E-state index in [9.17, 15) is 13.2 Å². The van der Waals surface area contributed by atoms with Crippen LogP contribution in [-0.2, 0) is 12.6 Å². The molecule has 2 N–H and O–H groups in total. The van der Waals surface area contributed by atoms with Crippen LogP contribution < -0.4 is 15.4 Å². The first-order valence-corrected chi connectivity index (χ1v) is 9.47. The van der Waals surface area contributed by atoms with E-state index in [0.29, 0.717) is 50.2 Å². The molecule has 1 aromatic heterocycles. The molecule has 0 fully saturated rings. The van der Waals surface area contributed by atoms with Gasteiger partial charge in [0.25, 0.3) is 0 Å². The minimum absolute atomic E-state index is 0.173. The first-order valence-electron chi connectivity index (χ1n) is 9.47. The first kappa shape index (κ1) is 22.5. The molecule has 1 unspecified atom stereocenters. The molecule has 160 valence electrons. The van der Waals surface area contributed by atoms with Gasteiger partial charge in [-0.2, -0.15) is 18.2 Å². The molecule has 0 bridgehead atoms. The number of hydrogen-bond donors (Lipinski definition) is 2. The summed E-state index contributed by atoms with van der Waals surface area (Å²) >= 11 is 0. The lowest BCUT2D eigenvalue weighted by molar-refractivity contribution is -0.137. The fraction of sp³-hybridized carbons (Fsp3) is 0.526. The number of rotatable bonds is 9. The number of benzene rings is 1. The number of ether oxygens (including phenoxy) is 1. The van der Waals surface area contributed by atoms with Crippen molar-refractivity contribution < 1.29 is 22.4 Å². The Labute approximate surface area is 167 Å². The SMILES string of the molecule is CCNC(=NCC(CC)Oc1cccc(C(F)(F)F)c1)NCCc1nc(C)no1. The Morgan fingerprint density at radius 3 is 2.69 bits per heavy atom. The second kappa shape index (κ2) is 10.7. The summed E-state index contributed by atoms with van der Waals surface area (Å²) in [6.07, 6.45) is -3.62. The Morgan fingerprint density at radius 2 is 2.07 bits per heavy atom. The van der Waals surface area contributed by atoms with E-state index in [2.05, 4.69) is 25.8 Å². The van der Waals surface area contributed by atoms with Crippen molar-refractivity contribution in [2.75, 3.05) is 19.6 Å². The Morgan fingerprint density at radius 1 is 1.28 bits per heavy atom. The number of hydrogen-bond acceptors (Lipinski definition) is 5. The normalized spacial score (nSPS) is 13.2. The summed E-state index contributed by atoms with van der Waals surface area (Å²) in [7, 11) is 0. The van der Waals surface area contributed by atoms with Gasteiger partial charge in [-0.05, 0) is 38.5 Å². The molecule has 0 aliphatic rings. The standard InChI is InChI=1S/C19H26F3N5O2/c1-4-15(28-16-8-6-7-14(11-16)19(20,21)22)12-25-18(23-5-2)24-10-9-17-26-13(3)27-29-17/h6-8,11,15H,4-5,9-10,12H2,1-3H3,(H2,23,24,25). The van der Waals surface area contributed by atoms with Gasteiger partial charge in [0.2, 0.25) is 5.89 Å². The number of halogens is 3. The maximum Gasteiger partial charge on any atom is 0.416 e. The molecule has 0 aliphatic carbocycles.